The predicted octanol–water partition coefficient (Wildman–Crippen LogP) is 10.3. The number of aryl methyl sites for hydroxylation is 2. The second-order valence-electron chi connectivity index (χ2n) is 11.2. The molecule has 0 spiro atoms. The van der Waals surface area contributed by atoms with E-state index in [1.807, 2.05) is 0 Å². The fraction of sp³-hybridized carbons (Fsp3) is 0.0526. The summed E-state index contributed by atoms with van der Waals surface area (Å²) in [4.78, 5) is 0. The maximum absolute atomic E-state index is 6.68. The molecule has 3 heteroatoms. The Balaban J connectivity index is 1.22. The van der Waals surface area contributed by atoms with Crippen molar-refractivity contribution in [2.75, 3.05) is 0 Å². The van der Waals surface area contributed by atoms with Gasteiger partial charge >= 0.3 is 0 Å². The lowest BCUT2D eigenvalue weighted by Gasteiger charge is -2.23. The average Bonchev–Trinajstić information content (AvgIpc) is 3.51. The molecule has 0 bridgehead atoms. The van der Waals surface area contributed by atoms with Crippen LogP contribution in [0.15, 0.2) is 121 Å². The number of hydrogen-bond donors (Lipinski definition) is 0. The lowest BCUT2D eigenvalue weighted by molar-refractivity contribution is 0.478. The Morgan fingerprint density at radius 1 is 0.512 bits per heavy atom. The summed E-state index contributed by atoms with van der Waals surface area (Å²) in [5.41, 5.74) is 11.8. The molecule has 2 aromatic heterocycles. The van der Waals surface area contributed by atoms with Crippen LogP contribution in [0.2, 0.25) is 0 Å². The number of benzene rings is 6. The van der Waals surface area contributed by atoms with E-state index in [-0.39, 0.29) is 0 Å². The van der Waals surface area contributed by atoms with Crippen molar-refractivity contribution in [1.82, 2.24) is 9.13 Å². The van der Waals surface area contributed by atoms with Gasteiger partial charge in [0, 0.05) is 32.8 Å². The van der Waals surface area contributed by atoms with E-state index in [1.54, 1.807) is 0 Å². The van der Waals surface area contributed by atoms with Crippen molar-refractivity contribution in [2.24, 2.45) is 0 Å². The largest absolute Gasteiger partial charge is 0.452 e. The molecule has 0 N–H and O–H groups in total. The third-order valence-electron chi connectivity index (χ3n) is 8.62. The Morgan fingerprint density at radius 3 is 1.93 bits per heavy atom. The maximum atomic E-state index is 6.68. The Labute approximate surface area is 237 Å². The Kier molecular flexibility index (Phi) is 4.46. The SMILES string of the molecule is Cc1ccc2c(c1)c1cc(C)ccc1n2-c1ccc(-c2cccc3c2Oc2cccc4c5ccccc5n-3c24)cc1. The number of para-hydroxylation sites is 3. The molecule has 194 valence electrons. The molecule has 0 saturated heterocycles. The van der Waals surface area contributed by atoms with Crippen LogP contribution in [0.4, 0.5) is 0 Å². The quantitative estimate of drug-likeness (QED) is 0.219. The third kappa shape index (κ3) is 3.09. The fourth-order valence-electron chi connectivity index (χ4n) is 6.78. The van der Waals surface area contributed by atoms with Crippen LogP contribution in [0.5, 0.6) is 11.5 Å². The standard InChI is InChI=1S/C38H26N2O/c1-23-13-19-33-30(21-23)31-22-24(2)14-20-34(31)39(33)26-17-15-25(16-18-26)27-8-5-11-35-38(27)41-36-12-6-9-29-28-7-3-4-10-32(28)40(35)37(29)36/h3-22H,1-2H3. The third-order valence-corrected chi connectivity index (χ3v) is 8.62. The molecule has 3 heterocycles. The van der Waals surface area contributed by atoms with Gasteiger partial charge in [0.25, 0.3) is 0 Å². The zero-order valence-corrected chi connectivity index (χ0v) is 22.8. The smallest absolute Gasteiger partial charge is 0.159 e. The lowest BCUT2D eigenvalue weighted by Crippen LogP contribution is -2.05. The van der Waals surface area contributed by atoms with Crippen molar-refractivity contribution in [3.05, 3.63) is 132 Å². The van der Waals surface area contributed by atoms with E-state index in [0.29, 0.717) is 0 Å². The van der Waals surface area contributed by atoms with E-state index in [9.17, 15) is 0 Å². The van der Waals surface area contributed by atoms with Gasteiger partial charge in [-0.3, -0.25) is 0 Å². The summed E-state index contributed by atoms with van der Waals surface area (Å²) >= 11 is 0. The summed E-state index contributed by atoms with van der Waals surface area (Å²) in [7, 11) is 0. The summed E-state index contributed by atoms with van der Waals surface area (Å²) in [6.45, 7) is 4.32. The van der Waals surface area contributed by atoms with Crippen molar-refractivity contribution in [2.45, 2.75) is 13.8 Å². The minimum atomic E-state index is 0.893. The Bertz CT molecular complexity index is 2290. The number of aromatic nitrogens is 2. The molecule has 0 radical (unpaired) electrons. The van der Waals surface area contributed by atoms with Crippen LogP contribution < -0.4 is 4.74 Å². The first kappa shape index (κ1) is 22.5. The molecule has 3 nitrogen and oxygen atoms in total. The van der Waals surface area contributed by atoms with Gasteiger partial charge in [-0.2, -0.15) is 0 Å². The molecular formula is C38H26N2O. The van der Waals surface area contributed by atoms with Crippen LogP contribution in [0, 0.1) is 13.8 Å². The van der Waals surface area contributed by atoms with E-state index in [4.69, 9.17) is 4.74 Å². The number of fused-ring (bicyclic) bond motifs is 8. The topological polar surface area (TPSA) is 19.1 Å². The molecule has 0 saturated carbocycles. The molecule has 8 aromatic rings. The van der Waals surface area contributed by atoms with Crippen LogP contribution in [0.25, 0.3) is 66.1 Å². The molecule has 6 aromatic carbocycles. The van der Waals surface area contributed by atoms with Gasteiger partial charge in [-0.15, -0.1) is 0 Å². The molecule has 9 rings (SSSR count). The van der Waals surface area contributed by atoms with Crippen molar-refractivity contribution < 1.29 is 4.74 Å². The summed E-state index contributed by atoms with van der Waals surface area (Å²) in [6.07, 6.45) is 0. The lowest BCUT2D eigenvalue weighted by atomic mass is 10.0. The highest BCUT2D eigenvalue weighted by Crippen LogP contribution is 2.48. The number of nitrogens with zero attached hydrogens (tertiary/aromatic N) is 2. The van der Waals surface area contributed by atoms with Gasteiger partial charge in [-0.05, 0) is 74.0 Å². The highest BCUT2D eigenvalue weighted by molar-refractivity contribution is 6.12. The highest BCUT2D eigenvalue weighted by atomic mass is 16.5. The highest BCUT2D eigenvalue weighted by Gasteiger charge is 2.25. The van der Waals surface area contributed by atoms with Gasteiger partial charge in [-0.25, -0.2) is 0 Å². The first-order valence-corrected chi connectivity index (χ1v) is 14.1. The van der Waals surface area contributed by atoms with Crippen molar-refractivity contribution in [3.63, 3.8) is 0 Å². The fourth-order valence-corrected chi connectivity index (χ4v) is 6.78. The van der Waals surface area contributed by atoms with Crippen LogP contribution in [0.3, 0.4) is 0 Å². The molecule has 0 amide bonds. The van der Waals surface area contributed by atoms with Crippen LogP contribution in [-0.2, 0) is 0 Å². The van der Waals surface area contributed by atoms with Gasteiger partial charge in [0.05, 0.1) is 27.8 Å². The predicted molar refractivity (Wildman–Crippen MR) is 170 cm³/mol. The molecule has 0 atom stereocenters. The molecular weight excluding hydrogens is 500 g/mol. The van der Waals surface area contributed by atoms with Crippen LogP contribution >= 0.6 is 0 Å². The molecule has 1 aliphatic heterocycles. The second-order valence-corrected chi connectivity index (χ2v) is 11.2. The van der Waals surface area contributed by atoms with Crippen molar-refractivity contribution in [1.29, 1.82) is 0 Å². The summed E-state index contributed by atoms with van der Waals surface area (Å²) in [5, 5.41) is 5.05. The van der Waals surface area contributed by atoms with Gasteiger partial charge in [0.2, 0.25) is 0 Å². The van der Waals surface area contributed by atoms with E-state index >= 15 is 0 Å². The maximum Gasteiger partial charge on any atom is 0.159 e. The van der Waals surface area contributed by atoms with Gasteiger partial charge in [0.15, 0.2) is 11.5 Å². The minimum Gasteiger partial charge on any atom is -0.452 e. The average molecular weight is 527 g/mol. The monoisotopic (exact) mass is 526 g/mol. The van der Waals surface area contributed by atoms with Gasteiger partial charge in [0.1, 0.15) is 0 Å². The molecule has 0 unspecified atom stereocenters. The van der Waals surface area contributed by atoms with E-state index in [0.717, 1.165) is 39.5 Å². The van der Waals surface area contributed by atoms with Gasteiger partial charge < -0.3 is 13.9 Å². The number of rotatable bonds is 2. The van der Waals surface area contributed by atoms with Crippen LogP contribution in [0.1, 0.15) is 11.1 Å². The molecule has 0 aliphatic carbocycles. The van der Waals surface area contributed by atoms with E-state index in [2.05, 4.69) is 144 Å². The van der Waals surface area contributed by atoms with E-state index in [1.165, 1.54) is 49.2 Å². The second kappa shape index (κ2) is 8.12. The van der Waals surface area contributed by atoms with Crippen molar-refractivity contribution >= 4 is 43.6 Å². The zero-order valence-electron chi connectivity index (χ0n) is 22.8. The number of hydrogen-bond acceptors (Lipinski definition) is 1. The normalized spacial score (nSPS) is 12.3. The molecule has 41 heavy (non-hydrogen) atoms. The summed E-state index contributed by atoms with van der Waals surface area (Å²) in [6, 6.07) is 43.8. The zero-order chi connectivity index (χ0) is 27.2. The van der Waals surface area contributed by atoms with Crippen LogP contribution in [-0.4, -0.2) is 9.13 Å². The minimum absolute atomic E-state index is 0.893. The molecule has 0 fully saturated rings. The number of ether oxygens (including phenoxy) is 1. The van der Waals surface area contributed by atoms with Crippen molar-refractivity contribution in [3.8, 4) is 34.0 Å². The summed E-state index contributed by atoms with van der Waals surface area (Å²) < 4.78 is 11.4. The Hall–Kier alpha value is -5.28. The first-order valence-electron chi connectivity index (χ1n) is 14.1. The molecule has 1 aliphatic rings. The van der Waals surface area contributed by atoms with Gasteiger partial charge in [-0.1, -0.05) is 77.9 Å². The first-order chi connectivity index (χ1) is 20.2. The summed E-state index contributed by atoms with van der Waals surface area (Å²) in [5.74, 6) is 1.79. The Morgan fingerprint density at radius 2 is 1.17 bits per heavy atom. The van der Waals surface area contributed by atoms with E-state index < -0.39 is 0 Å².